The van der Waals surface area contributed by atoms with Gasteiger partial charge < -0.3 is 25.0 Å². The molecule has 2 aromatic carbocycles. The number of benzene rings is 2. The number of nitrogens with one attached hydrogen (secondary N) is 2. The Morgan fingerprint density at radius 1 is 1.07 bits per heavy atom. The van der Waals surface area contributed by atoms with E-state index in [2.05, 4.69) is 17.6 Å². The van der Waals surface area contributed by atoms with Crippen molar-refractivity contribution >= 4 is 23.2 Å². The summed E-state index contributed by atoms with van der Waals surface area (Å²) in [7, 11) is 0. The summed E-state index contributed by atoms with van der Waals surface area (Å²) in [6.07, 6.45) is 2.06. The first-order chi connectivity index (χ1) is 14.7. The molecule has 7 nitrogen and oxygen atoms in total. The lowest BCUT2D eigenvalue weighted by Gasteiger charge is -2.27. The van der Waals surface area contributed by atoms with E-state index in [9.17, 15) is 9.59 Å². The number of amides is 2. The minimum Gasteiger partial charge on any atom is -0.494 e. The normalized spacial score (nSPS) is 13.6. The van der Waals surface area contributed by atoms with Crippen LogP contribution in [-0.4, -0.2) is 56.2 Å². The van der Waals surface area contributed by atoms with Gasteiger partial charge in [0.1, 0.15) is 5.75 Å². The zero-order valence-electron chi connectivity index (χ0n) is 17.4. The first-order valence-electron chi connectivity index (χ1n) is 10.4. The minimum atomic E-state index is -0.175. The fraction of sp³-hybridized carbons (Fsp3) is 0.391. The Kier molecular flexibility index (Phi) is 8.09. The Morgan fingerprint density at radius 2 is 1.83 bits per heavy atom. The second-order valence-electron chi connectivity index (χ2n) is 7.12. The molecule has 30 heavy (non-hydrogen) atoms. The quantitative estimate of drug-likeness (QED) is 0.619. The number of hydrogen-bond donors (Lipinski definition) is 2. The molecule has 2 amide bonds. The molecule has 1 fully saturated rings. The zero-order valence-corrected chi connectivity index (χ0v) is 17.4. The Balaban J connectivity index is 1.51. The molecule has 1 aliphatic rings. The van der Waals surface area contributed by atoms with E-state index in [0.717, 1.165) is 24.3 Å². The maximum absolute atomic E-state index is 12.6. The standard InChI is InChI=1S/C23H29N3O4/c1-2-3-12-30-21-9-5-8-20(16-21)25-22(27)17-24-19-7-4-6-18(15-19)23(28)26-10-13-29-14-11-26/h4-9,15-16,24H,2-3,10-14,17H2,1H3,(H,25,27). The summed E-state index contributed by atoms with van der Waals surface area (Å²) in [5.41, 5.74) is 2.01. The lowest BCUT2D eigenvalue weighted by Crippen LogP contribution is -2.40. The van der Waals surface area contributed by atoms with Crippen LogP contribution in [0.15, 0.2) is 48.5 Å². The minimum absolute atomic E-state index is 0.0220. The highest BCUT2D eigenvalue weighted by Gasteiger charge is 2.18. The van der Waals surface area contributed by atoms with Crippen LogP contribution in [0.5, 0.6) is 5.75 Å². The Hall–Kier alpha value is -3.06. The average Bonchev–Trinajstić information content (AvgIpc) is 2.78. The summed E-state index contributed by atoms with van der Waals surface area (Å²) in [6.45, 7) is 5.19. The molecule has 0 bridgehead atoms. The lowest BCUT2D eigenvalue weighted by molar-refractivity contribution is -0.114. The summed E-state index contributed by atoms with van der Waals surface area (Å²) < 4.78 is 11.0. The second kappa shape index (κ2) is 11.2. The largest absolute Gasteiger partial charge is 0.494 e. The Bertz CT molecular complexity index is 850. The van der Waals surface area contributed by atoms with E-state index in [1.54, 1.807) is 17.0 Å². The van der Waals surface area contributed by atoms with Crippen LogP contribution < -0.4 is 15.4 Å². The number of carbonyl (C=O) groups excluding carboxylic acids is 2. The Labute approximate surface area is 177 Å². The molecule has 3 rings (SSSR count). The van der Waals surface area contributed by atoms with Gasteiger partial charge in [0.05, 0.1) is 26.4 Å². The van der Waals surface area contributed by atoms with Crippen LogP contribution in [0.1, 0.15) is 30.1 Å². The summed E-state index contributed by atoms with van der Waals surface area (Å²) >= 11 is 0. The number of nitrogens with zero attached hydrogens (tertiary/aromatic N) is 1. The molecule has 2 N–H and O–H groups in total. The van der Waals surface area contributed by atoms with Gasteiger partial charge in [-0.3, -0.25) is 9.59 Å². The van der Waals surface area contributed by atoms with Gasteiger partial charge in [-0.2, -0.15) is 0 Å². The predicted molar refractivity (Wildman–Crippen MR) is 117 cm³/mol. The molecule has 1 saturated heterocycles. The molecule has 0 atom stereocenters. The van der Waals surface area contributed by atoms with Crippen LogP contribution in [0.4, 0.5) is 11.4 Å². The zero-order chi connectivity index (χ0) is 21.2. The third-order valence-corrected chi connectivity index (χ3v) is 4.75. The second-order valence-corrected chi connectivity index (χ2v) is 7.12. The van der Waals surface area contributed by atoms with Gasteiger partial charge >= 0.3 is 0 Å². The number of hydrogen-bond acceptors (Lipinski definition) is 5. The van der Waals surface area contributed by atoms with Gasteiger partial charge in [-0.15, -0.1) is 0 Å². The van der Waals surface area contributed by atoms with Gasteiger partial charge in [-0.05, 0) is 36.8 Å². The van der Waals surface area contributed by atoms with E-state index in [1.807, 2.05) is 36.4 Å². The summed E-state index contributed by atoms with van der Waals surface area (Å²) in [5, 5.41) is 5.94. The van der Waals surface area contributed by atoms with Crippen LogP contribution in [0.25, 0.3) is 0 Å². The van der Waals surface area contributed by atoms with Crippen molar-refractivity contribution in [1.29, 1.82) is 0 Å². The van der Waals surface area contributed by atoms with Crippen molar-refractivity contribution in [1.82, 2.24) is 4.90 Å². The highest BCUT2D eigenvalue weighted by Crippen LogP contribution is 2.18. The molecule has 160 valence electrons. The van der Waals surface area contributed by atoms with Crippen molar-refractivity contribution in [2.45, 2.75) is 19.8 Å². The smallest absolute Gasteiger partial charge is 0.254 e. The molecule has 0 radical (unpaired) electrons. The van der Waals surface area contributed by atoms with E-state index in [1.165, 1.54) is 0 Å². The Morgan fingerprint density at radius 3 is 2.63 bits per heavy atom. The van der Waals surface area contributed by atoms with Crippen LogP contribution in [-0.2, 0) is 9.53 Å². The van der Waals surface area contributed by atoms with Gasteiger partial charge in [0, 0.05) is 36.1 Å². The molecule has 7 heteroatoms. The molecule has 1 aliphatic heterocycles. The SMILES string of the molecule is CCCCOc1cccc(NC(=O)CNc2cccc(C(=O)N3CCOCC3)c2)c1. The van der Waals surface area contributed by atoms with E-state index >= 15 is 0 Å². The predicted octanol–water partition coefficient (Wildman–Crippen LogP) is 3.39. The monoisotopic (exact) mass is 411 g/mol. The molecule has 0 saturated carbocycles. The third-order valence-electron chi connectivity index (χ3n) is 4.75. The number of unbranched alkanes of at least 4 members (excludes halogenated alkanes) is 1. The molecule has 1 heterocycles. The number of carbonyl (C=O) groups is 2. The van der Waals surface area contributed by atoms with Crippen molar-refractivity contribution in [2.75, 3.05) is 50.1 Å². The van der Waals surface area contributed by atoms with Crippen molar-refractivity contribution in [3.05, 3.63) is 54.1 Å². The van der Waals surface area contributed by atoms with Gasteiger partial charge in [-0.25, -0.2) is 0 Å². The van der Waals surface area contributed by atoms with E-state index in [4.69, 9.17) is 9.47 Å². The van der Waals surface area contributed by atoms with Crippen LogP contribution in [0.2, 0.25) is 0 Å². The molecule has 0 unspecified atom stereocenters. The van der Waals surface area contributed by atoms with Gasteiger partial charge in [-0.1, -0.05) is 25.5 Å². The number of ether oxygens (including phenoxy) is 2. The van der Waals surface area contributed by atoms with E-state index in [-0.39, 0.29) is 18.4 Å². The van der Waals surface area contributed by atoms with Crippen molar-refractivity contribution in [2.24, 2.45) is 0 Å². The highest BCUT2D eigenvalue weighted by atomic mass is 16.5. The van der Waals surface area contributed by atoms with Crippen molar-refractivity contribution < 1.29 is 19.1 Å². The molecular formula is C23H29N3O4. The van der Waals surface area contributed by atoms with Crippen molar-refractivity contribution in [3.63, 3.8) is 0 Å². The summed E-state index contributed by atoms with van der Waals surface area (Å²) in [4.78, 5) is 26.7. The van der Waals surface area contributed by atoms with Crippen LogP contribution in [0, 0.1) is 0 Å². The van der Waals surface area contributed by atoms with Gasteiger partial charge in [0.2, 0.25) is 5.91 Å². The first kappa shape index (κ1) is 21.6. The summed E-state index contributed by atoms with van der Waals surface area (Å²) in [5.74, 6) is 0.542. The third kappa shape index (κ3) is 6.49. The number of morpholine rings is 1. The molecule has 2 aromatic rings. The number of anilines is 2. The maximum atomic E-state index is 12.6. The van der Waals surface area contributed by atoms with E-state index in [0.29, 0.717) is 44.2 Å². The molecule has 0 spiro atoms. The van der Waals surface area contributed by atoms with Crippen molar-refractivity contribution in [3.8, 4) is 5.75 Å². The number of rotatable bonds is 9. The highest BCUT2D eigenvalue weighted by molar-refractivity contribution is 5.96. The molecule has 0 aromatic heterocycles. The molecular weight excluding hydrogens is 382 g/mol. The van der Waals surface area contributed by atoms with Gasteiger partial charge in [0.15, 0.2) is 0 Å². The van der Waals surface area contributed by atoms with Gasteiger partial charge in [0.25, 0.3) is 5.91 Å². The van der Waals surface area contributed by atoms with Crippen LogP contribution >= 0.6 is 0 Å². The topological polar surface area (TPSA) is 79.9 Å². The van der Waals surface area contributed by atoms with E-state index < -0.39 is 0 Å². The average molecular weight is 412 g/mol. The fourth-order valence-corrected chi connectivity index (χ4v) is 3.10. The maximum Gasteiger partial charge on any atom is 0.254 e. The first-order valence-corrected chi connectivity index (χ1v) is 10.4. The lowest BCUT2D eigenvalue weighted by atomic mass is 10.1. The van der Waals surface area contributed by atoms with Crippen LogP contribution in [0.3, 0.4) is 0 Å². The fourth-order valence-electron chi connectivity index (χ4n) is 3.10. The molecule has 0 aliphatic carbocycles. The summed E-state index contributed by atoms with van der Waals surface area (Å²) in [6, 6.07) is 14.6.